The van der Waals surface area contributed by atoms with E-state index in [0.29, 0.717) is 0 Å². The summed E-state index contributed by atoms with van der Waals surface area (Å²) < 4.78 is 0. The predicted octanol–water partition coefficient (Wildman–Crippen LogP) is 3.94. The molecule has 0 aliphatic carbocycles. The number of thiophene rings is 1. The SMILES string of the molecule is CCNC(=NCc1cccs1)NCCCN(C)Cc1ccccc1.I. The van der Waals surface area contributed by atoms with Gasteiger partial charge in [0, 0.05) is 24.5 Å². The van der Waals surface area contributed by atoms with E-state index in [0.717, 1.165) is 45.1 Å². The van der Waals surface area contributed by atoms with E-state index in [1.165, 1.54) is 10.4 Å². The van der Waals surface area contributed by atoms with Gasteiger partial charge in [0.05, 0.1) is 6.54 Å². The van der Waals surface area contributed by atoms with E-state index in [1.807, 2.05) is 0 Å². The third kappa shape index (κ3) is 9.23. The smallest absolute Gasteiger partial charge is 0.191 e. The van der Waals surface area contributed by atoms with Gasteiger partial charge in [0.25, 0.3) is 0 Å². The van der Waals surface area contributed by atoms with E-state index >= 15 is 0 Å². The van der Waals surface area contributed by atoms with Crippen molar-refractivity contribution in [3.8, 4) is 0 Å². The predicted molar refractivity (Wildman–Crippen MR) is 120 cm³/mol. The van der Waals surface area contributed by atoms with Gasteiger partial charge >= 0.3 is 0 Å². The Labute approximate surface area is 172 Å². The maximum atomic E-state index is 4.63. The van der Waals surface area contributed by atoms with Gasteiger partial charge in [-0.05, 0) is 43.9 Å². The average molecular weight is 472 g/mol. The van der Waals surface area contributed by atoms with Crippen molar-refractivity contribution in [2.45, 2.75) is 26.4 Å². The summed E-state index contributed by atoms with van der Waals surface area (Å²) in [5.41, 5.74) is 1.36. The zero-order chi connectivity index (χ0) is 17.0. The minimum Gasteiger partial charge on any atom is -0.357 e. The van der Waals surface area contributed by atoms with Crippen molar-refractivity contribution in [2.75, 3.05) is 26.7 Å². The summed E-state index contributed by atoms with van der Waals surface area (Å²) in [6, 6.07) is 14.8. The third-order valence-electron chi connectivity index (χ3n) is 3.62. The molecule has 0 bridgehead atoms. The third-order valence-corrected chi connectivity index (χ3v) is 4.48. The van der Waals surface area contributed by atoms with Crippen molar-refractivity contribution in [2.24, 2.45) is 4.99 Å². The van der Waals surface area contributed by atoms with Gasteiger partial charge in [-0.3, -0.25) is 0 Å². The van der Waals surface area contributed by atoms with E-state index < -0.39 is 0 Å². The number of benzene rings is 1. The molecule has 0 unspecified atom stereocenters. The quantitative estimate of drug-likeness (QED) is 0.251. The van der Waals surface area contributed by atoms with E-state index in [2.05, 4.69) is 82.3 Å². The fraction of sp³-hybridized carbons (Fsp3) is 0.421. The number of hydrogen-bond donors (Lipinski definition) is 2. The van der Waals surface area contributed by atoms with Crippen LogP contribution in [-0.4, -0.2) is 37.5 Å². The highest BCUT2D eigenvalue weighted by Gasteiger charge is 2.01. The summed E-state index contributed by atoms with van der Waals surface area (Å²) in [6.45, 7) is 6.69. The first-order chi connectivity index (χ1) is 11.8. The molecule has 2 aromatic rings. The van der Waals surface area contributed by atoms with E-state index in [1.54, 1.807) is 11.3 Å². The van der Waals surface area contributed by atoms with Crippen LogP contribution in [0.1, 0.15) is 23.8 Å². The van der Waals surface area contributed by atoms with Gasteiger partial charge in [0.1, 0.15) is 0 Å². The summed E-state index contributed by atoms with van der Waals surface area (Å²) in [6.07, 6.45) is 1.09. The number of hydrogen-bond acceptors (Lipinski definition) is 3. The fourth-order valence-corrected chi connectivity index (χ4v) is 3.06. The summed E-state index contributed by atoms with van der Waals surface area (Å²) in [4.78, 5) is 8.27. The molecule has 0 amide bonds. The number of halogens is 1. The molecule has 0 atom stereocenters. The molecular formula is C19H29IN4S. The highest BCUT2D eigenvalue weighted by atomic mass is 127. The monoisotopic (exact) mass is 472 g/mol. The number of nitrogens with one attached hydrogen (secondary N) is 2. The molecule has 0 aliphatic heterocycles. The number of nitrogens with zero attached hydrogens (tertiary/aromatic N) is 2. The van der Waals surface area contributed by atoms with Crippen LogP contribution in [0.4, 0.5) is 0 Å². The van der Waals surface area contributed by atoms with Gasteiger partial charge in [-0.1, -0.05) is 36.4 Å². The average Bonchev–Trinajstić information content (AvgIpc) is 3.11. The van der Waals surface area contributed by atoms with Gasteiger partial charge in [-0.15, -0.1) is 35.3 Å². The normalized spacial score (nSPS) is 11.2. The molecule has 0 saturated heterocycles. The molecule has 6 heteroatoms. The molecule has 1 aromatic carbocycles. The molecule has 2 N–H and O–H groups in total. The standard InChI is InChI=1S/C19H28N4S.HI/c1-3-20-19(22-15-18-11-7-14-24-18)21-12-8-13-23(2)16-17-9-5-4-6-10-17;/h4-7,9-11,14H,3,8,12-13,15-16H2,1-2H3,(H2,20,21,22);1H. The summed E-state index contributed by atoms with van der Waals surface area (Å²) in [5, 5.41) is 8.81. The topological polar surface area (TPSA) is 39.7 Å². The van der Waals surface area contributed by atoms with Crippen LogP contribution in [0.5, 0.6) is 0 Å². The molecule has 25 heavy (non-hydrogen) atoms. The van der Waals surface area contributed by atoms with Gasteiger partial charge < -0.3 is 15.5 Å². The molecule has 1 aromatic heterocycles. The largest absolute Gasteiger partial charge is 0.357 e. The van der Waals surface area contributed by atoms with Gasteiger partial charge in [0.15, 0.2) is 5.96 Å². The molecule has 2 rings (SSSR count). The Hall–Kier alpha value is -1.12. The van der Waals surface area contributed by atoms with Crippen molar-refractivity contribution < 1.29 is 0 Å². The molecule has 1 heterocycles. The Morgan fingerprint density at radius 1 is 1.12 bits per heavy atom. The second-order valence-electron chi connectivity index (χ2n) is 5.78. The van der Waals surface area contributed by atoms with Crippen LogP contribution in [0.3, 0.4) is 0 Å². The molecule has 0 fully saturated rings. The summed E-state index contributed by atoms with van der Waals surface area (Å²) in [5.74, 6) is 0.900. The van der Waals surface area contributed by atoms with Crippen molar-refractivity contribution in [3.63, 3.8) is 0 Å². The Bertz CT molecular complexity index is 587. The van der Waals surface area contributed by atoms with Gasteiger partial charge in [-0.25, -0.2) is 4.99 Å². The van der Waals surface area contributed by atoms with Crippen LogP contribution in [0.2, 0.25) is 0 Å². The molecule has 0 spiro atoms. The van der Waals surface area contributed by atoms with Crippen LogP contribution in [0.15, 0.2) is 52.8 Å². The first kappa shape index (κ1) is 21.9. The lowest BCUT2D eigenvalue weighted by Crippen LogP contribution is -2.38. The minimum absolute atomic E-state index is 0. The zero-order valence-corrected chi connectivity index (χ0v) is 18.2. The lowest BCUT2D eigenvalue weighted by molar-refractivity contribution is 0.322. The molecule has 0 saturated carbocycles. The Morgan fingerprint density at radius 2 is 1.92 bits per heavy atom. The van der Waals surface area contributed by atoms with Gasteiger partial charge in [0.2, 0.25) is 0 Å². The summed E-state index contributed by atoms with van der Waals surface area (Å²) in [7, 11) is 2.17. The lowest BCUT2D eigenvalue weighted by Gasteiger charge is -2.17. The van der Waals surface area contributed by atoms with Crippen LogP contribution in [-0.2, 0) is 13.1 Å². The lowest BCUT2D eigenvalue weighted by atomic mass is 10.2. The Kier molecular flexibility index (Phi) is 11.5. The Balaban J connectivity index is 0.00000312. The van der Waals surface area contributed by atoms with Crippen LogP contribution < -0.4 is 10.6 Å². The molecule has 4 nitrogen and oxygen atoms in total. The van der Waals surface area contributed by atoms with Gasteiger partial charge in [-0.2, -0.15) is 0 Å². The molecule has 138 valence electrons. The van der Waals surface area contributed by atoms with E-state index in [-0.39, 0.29) is 24.0 Å². The molecule has 0 aliphatic rings. The highest BCUT2D eigenvalue weighted by Crippen LogP contribution is 2.09. The van der Waals surface area contributed by atoms with Crippen LogP contribution in [0, 0.1) is 0 Å². The minimum atomic E-state index is 0. The van der Waals surface area contributed by atoms with Crippen molar-refractivity contribution in [1.82, 2.24) is 15.5 Å². The van der Waals surface area contributed by atoms with Crippen LogP contribution in [0.25, 0.3) is 0 Å². The molecule has 0 radical (unpaired) electrons. The second kappa shape index (κ2) is 13.1. The Morgan fingerprint density at radius 3 is 2.60 bits per heavy atom. The maximum Gasteiger partial charge on any atom is 0.191 e. The number of guanidine groups is 1. The van der Waals surface area contributed by atoms with E-state index in [9.17, 15) is 0 Å². The van der Waals surface area contributed by atoms with Crippen molar-refractivity contribution >= 4 is 41.3 Å². The second-order valence-corrected chi connectivity index (χ2v) is 6.81. The summed E-state index contributed by atoms with van der Waals surface area (Å²) >= 11 is 1.75. The first-order valence-electron chi connectivity index (χ1n) is 8.55. The van der Waals surface area contributed by atoms with Crippen LogP contribution >= 0.6 is 35.3 Å². The highest BCUT2D eigenvalue weighted by molar-refractivity contribution is 14.0. The first-order valence-corrected chi connectivity index (χ1v) is 9.43. The van der Waals surface area contributed by atoms with Crippen molar-refractivity contribution in [3.05, 3.63) is 58.3 Å². The molecular weight excluding hydrogens is 443 g/mol. The van der Waals surface area contributed by atoms with E-state index in [4.69, 9.17) is 0 Å². The number of rotatable bonds is 9. The maximum absolute atomic E-state index is 4.63. The number of aliphatic imine (C=N–C) groups is 1. The zero-order valence-electron chi connectivity index (χ0n) is 15.1. The van der Waals surface area contributed by atoms with Crippen molar-refractivity contribution in [1.29, 1.82) is 0 Å². The fourth-order valence-electron chi connectivity index (χ4n) is 2.43.